The predicted octanol–water partition coefficient (Wildman–Crippen LogP) is 3.76. The van der Waals surface area contributed by atoms with Gasteiger partial charge in [-0.25, -0.2) is 9.89 Å². The molecule has 1 saturated heterocycles. The van der Waals surface area contributed by atoms with Crippen LogP contribution in [0.15, 0.2) is 65.7 Å². The number of H-pyrrole nitrogens is 1. The lowest BCUT2D eigenvalue weighted by Gasteiger charge is -2.37. The van der Waals surface area contributed by atoms with Crippen LogP contribution in [0.1, 0.15) is 43.0 Å². The number of benzene rings is 2. The van der Waals surface area contributed by atoms with Gasteiger partial charge in [0.2, 0.25) is 11.8 Å². The molecule has 3 N–H and O–H groups in total. The third kappa shape index (κ3) is 7.55. The van der Waals surface area contributed by atoms with Gasteiger partial charge in [0.1, 0.15) is 6.33 Å². The number of aromatic amines is 1. The highest BCUT2D eigenvalue weighted by molar-refractivity contribution is 6.30. The normalized spacial score (nSPS) is 16.9. The number of anilines is 1. The number of carbonyl (C=O) groups excluding carboxylic acids is 3. The summed E-state index contributed by atoms with van der Waals surface area (Å²) < 4.78 is 6.10. The first-order valence-electron chi connectivity index (χ1n) is 15.1. The molecule has 2 aromatic carbocycles. The van der Waals surface area contributed by atoms with Crippen molar-refractivity contribution >= 4 is 41.3 Å². The monoisotopic (exact) mass is 657 g/mol. The zero-order chi connectivity index (χ0) is 32.9. The van der Waals surface area contributed by atoms with Crippen LogP contribution in [0.25, 0.3) is 22.9 Å². The molecule has 1 aliphatic heterocycles. The van der Waals surface area contributed by atoms with Crippen LogP contribution in [0, 0.1) is 11.8 Å². The summed E-state index contributed by atoms with van der Waals surface area (Å²) in [4.78, 5) is 53.0. The molecule has 15 heteroatoms. The number of hydrogen-bond acceptors (Lipinski definition) is 9. The average molecular weight is 658 g/mol. The van der Waals surface area contributed by atoms with Crippen molar-refractivity contribution < 1.29 is 19.1 Å². The molecule has 47 heavy (non-hydrogen) atoms. The molecule has 1 saturated carbocycles. The number of aromatic nitrogens is 6. The highest BCUT2D eigenvalue weighted by Gasteiger charge is 2.38. The Labute approximate surface area is 274 Å². The van der Waals surface area contributed by atoms with Crippen molar-refractivity contribution in [1.29, 1.82) is 0 Å². The number of nitrogens with one attached hydrogen (secondary N) is 3. The fourth-order valence-corrected chi connectivity index (χ4v) is 5.89. The van der Waals surface area contributed by atoms with Crippen molar-refractivity contribution in [3.63, 3.8) is 0 Å². The first kappa shape index (κ1) is 31.6. The second-order valence-electron chi connectivity index (χ2n) is 11.5. The van der Waals surface area contributed by atoms with E-state index in [0.29, 0.717) is 51.9 Å². The first-order chi connectivity index (χ1) is 22.8. The van der Waals surface area contributed by atoms with Gasteiger partial charge in [-0.2, -0.15) is 9.78 Å². The molecule has 3 heterocycles. The number of halogens is 1. The summed E-state index contributed by atoms with van der Waals surface area (Å²) in [7, 11) is 1.27. The molecule has 6 rings (SSSR count). The number of amides is 3. The van der Waals surface area contributed by atoms with E-state index in [1.54, 1.807) is 54.6 Å². The molecule has 0 bridgehead atoms. The maximum Gasteiger partial charge on any atom is 0.411 e. The fourth-order valence-electron chi connectivity index (χ4n) is 5.71. The lowest BCUT2D eigenvalue weighted by Crippen LogP contribution is -2.46. The molecule has 0 radical (unpaired) electrons. The first-order valence-corrected chi connectivity index (χ1v) is 15.5. The van der Waals surface area contributed by atoms with Crippen LogP contribution in [0.3, 0.4) is 0 Å². The summed E-state index contributed by atoms with van der Waals surface area (Å²) in [5.41, 5.74) is 2.68. The number of likely N-dealkylation sites (tertiary alicyclic amines) is 1. The largest absolute Gasteiger partial charge is 0.453 e. The van der Waals surface area contributed by atoms with E-state index in [4.69, 9.17) is 11.6 Å². The van der Waals surface area contributed by atoms with E-state index in [1.807, 2.05) is 4.90 Å². The molecule has 0 spiro atoms. The Morgan fingerprint density at radius 2 is 1.91 bits per heavy atom. The van der Waals surface area contributed by atoms with Crippen LogP contribution in [-0.2, 0) is 14.3 Å². The Kier molecular flexibility index (Phi) is 9.38. The molecular formula is C32H32ClN9O5. The quantitative estimate of drug-likeness (QED) is 0.226. The van der Waals surface area contributed by atoms with E-state index in [0.717, 1.165) is 25.7 Å². The van der Waals surface area contributed by atoms with E-state index in [9.17, 15) is 19.2 Å². The number of piperidine rings is 1. The zero-order valence-electron chi connectivity index (χ0n) is 25.4. The highest BCUT2D eigenvalue weighted by atomic mass is 35.5. The van der Waals surface area contributed by atoms with Gasteiger partial charge in [0, 0.05) is 47.3 Å². The number of rotatable bonds is 9. The third-order valence-electron chi connectivity index (χ3n) is 8.23. The van der Waals surface area contributed by atoms with Gasteiger partial charge in [-0.05, 0) is 84.1 Å². The minimum absolute atomic E-state index is 0.0752. The van der Waals surface area contributed by atoms with Crippen LogP contribution >= 0.6 is 11.6 Å². The van der Waals surface area contributed by atoms with Gasteiger partial charge in [0.25, 0.3) is 5.56 Å². The summed E-state index contributed by atoms with van der Waals surface area (Å²) >= 11 is 6.25. The molecule has 2 fully saturated rings. The number of carbonyl (C=O) groups is 3. The molecule has 2 unspecified atom stereocenters. The number of nitrogens with zero attached hydrogens (tertiary/aromatic N) is 6. The van der Waals surface area contributed by atoms with E-state index >= 15 is 0 Å². The van der Waals surface area contributed by atoms with E-state index in [2.05, 4.69) is 41.1 Å². The molecule has 4 aromatic rings. The second kappa shape index (κ2) is 14.0. The smallest absolute Gasteiger partial charge is 0.411 e. The van der Waals surface area contributed by atoms with Crippen molar-refractivity contribution in [2.24, 2.45) is 11.8 Å². The number of hydrogen-bond donors (Lipinski definition) is 3. The maximum atomic E-state index is 13.5. The number of methoxy groups -OCH3 is 1. The second-order valence-corrected chi connectivity index (χ2v) is 11.9. The van der Waals surface area contributed by atoms with E-state index in [1.165, 1.54) is 24.2 Å². The van der Waals surface area contributed by atoms with Crippen molar-refractivity contribution in [2.75, 3.05) is 25.5 Å². The van der Waals surface area contributed by atoms with Gasteiger partial charge < -0.3 is 15.0 Å². The van der Waals surface area contributed by atoms with Crippen LogP contribution in [0.4, 0.5) is 10.5 Å². The van der Waals surface area contributed by atoms with Crippen molar-refractivity contribution in [2.45, 2.75) is 31.7 Å². The molecule has 14 nitrogen and oxygen atoms in total. The van der Waals surface area contributed by atoms with Crippen molar-refractivity contribution in [1.82, 2.24) is 40.6 Å². The van der Waals surface area contributed by atoms with E-state index < -0.39 is 23.6 Å². The minimum atomic E-state index is -0.629. The summed E-state index contributed by atoms with van der Waals surface area (Å²) in [5.74, 6) is -0.349. The Bertz CT molecular complexity index is 1860. The highest BCUT2D eigenvalue weighted by Crippen LogP contribution is 2.35. The molecule has 2 aliphatic rings. The Hall–Kier alpha value is -5.37. The fraction of sp³-hybridized carbons (Fsp3) is 0.312. The maximum absolute atomic E-state index is 13.5. The van der Waals surface area contributed by atoms with Gasteiger partial charge in [-0.15, -0.1) is 5.10 Å². The summed E-state index contributed by atoms with van der Waals surface area (Å²) in [6.45, 7) is 1.11. The van der Waals surface area contributed by atoms with Gasteiger partial charge in [-0.1, -0.05) is 23.7 Å². The van der Waals surface area contributed by atoms with E-state index in [-0.39, 0.29) is 17.7 Å². The predicted molar refractivity (Wildman–Crippen MR) is 172 cm³/mol. The molecule has 2 atom stereocenters. The SMILES string of the molecule is COC(=O)Nc1ccc(-c2cc(C(NC(=O)/C=C/c3cc(Cl)ccc3-n3cnnn3)C3CCCN(C(=O)C4CC4)C3)n[nH]c2=O)cc1. The zero-order valence-corrected chi connectivity index (χ0v) is 26.2. The van der Waals surface area contributed by atoms with Crippen LogP contribution < -0.4 is 16.2 Å². The molecule has 1 aliphatic carbocycles. The molecule has 242 valence electrons. The van der Waals surface area contributed by atoms with Gasteiger partial charge in [0.05, 0.1) is 30.1 Å². The average Bonchev–Trinajstić information content (AvgIpc) is 3.80. The van der Waals surface area contributed by atoms with Crippen molar-refractivity contribution in [3.8, 4) is 16.8 Å². The lowest BCUT2D eigenvalue weighted by molar-refractivity contribution is -0.134. The lowest BCUT2D eigenvalue weighted by atomic mass is 9.87. The van der Waals surface area contributed by atoms with Gasteiger partial charge >= 0.3 is 6.09 Å². The van der Waals surface area contributed by atoms with Gasteiger partial charge in [-0.3, -0.25) is 19.7 Å². The summed E-state index contributed by atoms with van der Waals surface area (Å²) in [6.07, 6.45) is 7.16. The Balaban J connectivity index is 1.29. The number of tetrazole rings is 1. The Morgan fingerprint density at radius 1 is 1.11 bits per heavy atom. The molecular weight excluding hydrogens is 626 g/mol. The standard InChI is InChI=1S/C32H32ClN9O5/c1-47-32(46)35-24-10-6-19(7-11-24)25-16-26(37-38-30(25)44)29(22-3-2-14-41(17-22)31(45)20-4-5-20)36-28(43)13-8-21-15-23(33)9-12-27(21)42-18-34-39-40-42/h6-13,15-16,18,20,22,29H,2-5,14,17H2,1H3,(H,35,46)(H,36,43)(H,38,44)/b13-8+. The minimum Gasteiger partial charge on any atom is -0.453 e. The number of ether oxygens (including phenoxy) is 1. The van der Waals surface area contributed by atoms with Crippen LogP contribution in [0.5, 0.6) is 0 Å². The van der Waals surface area contributed by atoms with Gasteiger partial charge in [0.15, 0.2) is 0 Å². The third-order valence-corrected chi connectivity index (χ3v) is 8.47. The summed E-state index contributed by atoms with van der Waals surface area (Å²) in [6, 6.07) is 12.9. The van der Waals surface area contributed by atoms with Crippen molar-refractivity contribution in [3.05, 3.63) is 87.6 Å². The molecule has 3 amide bonds. The van der Waals surface area contributed by atoms with Crippen LogP contribution in [-0.4, -0.2) is 73.4 Å². The Morgan fingerprint density at radius 3 is 2.64 bits per heavy atom. The molecule has 2 aromatic heterocycles. The topological polar surface area (TPSA) is 177 Å². The van der Waals surface area contributed by atoms with Crippen LogP contribution in [0.2, 0.25) is 5.02 Å². The summed E-state index contributed by atoms with van der Waals surface area (Å²) in [5, 5.41) is 24.4.